The number of pyridine rings is 1. The number of hydrogen-bond donors (Lipinski definition) is 2. The van der Waals surface area contributed by atoms with Crippen LogP contribution in [0.4, 0.5) is 32.7 Å². The lowest BCUT2D eigenvalue weighted by atomic mass is 10.1. The average molecular weight is 648 g/mol. The molecule has 2 aromatic carbocycles. The van der Waals surface area contributed by atoms with E-state index in [1.54, 1.807) is 35.0 Å². The minimum atomic E-state index is -5.69. The van der Waals surface area contributed by atoms with Crippen LogP contribution in [0.1, 0.15) is 16.7 Å². The summed E-state index contributed by atoms with van der Waals surface area (Å²) in [5.74, 6) is -4.25. The quantitative estimate of drug-likeness (QED) is 0.169. The smallest absolute Gasteiger partial charge is 0.458 e. The number of nitrogens with one attached hydrogen (secondary N) is 1. The highest BCUT2D eigenvalue weighted by Gasteiger charge is 2.58. The molecule has 1 amide bonds. The number of carbonyl (C=O) groups is 1. The van der Waals surface area contributed by atoms with E-state index in [2.05, 4.69) is 37.9 Å². The first kappa shape index (κ1) is 27.3. The third kappa shape index (κ3) is 5.74. The number of carboxylic acid groups (broad SMARTS) is 1. The molecule has 0 aliphatic heterocycles. The second-order valence-electron chi connectivity index (χ2n) is 7.99. The summed E-state index contributed by atoms with van der Waals surface area (Å²) in [5.41, 5.74) is 0.872. The van der Waals surface area contributed by atoms with E-state index in [0.29, 0.717) is 45.9 Å². The van der Waals surface area contributed by atoms with Gasteiger partial charge in [-0.15, -0.1) is 0 Å². The molecule has 14 heteroatoms. The van der Waals surface area contributed by atoms with Crippen LogP contribution in [-0.2, 0) is 19.1 Å². The third-order valence-electron chi connectivity index (χ3n) is 5.41. The Morgan fingerprint density at radius 2 is 1.74 bits per heavy atom. The molecule has 0 unspecified atom stereocenters. The Morgan fingerprint density at radius 1 is 1.05 bits per heavy atom. The van der Waals surface area contributed by atoms with Gasteiger partial charge in [-0.3, -0.25) is 9.88 Å². The highest BCUT2D eigenvalue weighted by molar-refractivity contribution is 14.1. The zero-order valence-electron chi connectivity index (χ0n) is 19.4. The fraction of sp³-hybridized carbons (Fsp3) is 0.208. The van der Waals surface area contributed by atoms with E-state index in [1.807, 2.05) is 0 Å². The van der Waals surface area contributed by atoms with Gasteiger partial charge in [0.2, 0.25) is 5.95 Å². The minimum Gasteiger partial charge on any atom is -0.493 e. The van der Waals surface area contributed by atoms with Gasteiger partial charge in [-0.1, -0.05) is 30.3 Å². The minimum absolute atomic E-state index is 0.0841. The number of ether oxygens (including phenoxy) is 2. The molecule has 2 N–H and O–H groups in total. The molecule has 200 valence electrons. The summed E-state index contributed by atoms with van der Waals surface area (Å²) in [5, 5.41) is 11.5. The van der Waals surface area contributed by atoms with Crippen LogP contribution in [0.15, 0.2) is 54.7 Å². The summed E-state index contributed by atoms with van der Waals surface area (Å²) in [6.45, 7) is 0.0696. The van der Waals surface area contributed by atoms with Crippen molar-refractivity contribution in [3.05, 3.63) is 75.0 Å². The molecular weight excluding hydrogens is 630 g/mol. The van der Waals surface area contributed by atoms with E-state index in [1.165, 1.54) is 7.11 Å². The SMILES string of the molecule is COc1cc(Cn2c(NC(=O)O)nc3cc(I)cnc32)ccc1OCc1ccc(C(F)(F)C(F)(F)F)cc1. The van der Waals surface area contributed by atoms with Gasteiger partial charge in [0.15, 0.2) is 17.1 Å². The van der Waals surface area contributed by atoms with Crippen LogP contribution in [0.25, 0.3) is 11.2 Å². The van der Waals surface area contributed by atoms with Gasteiger partial charge in [-0.2, -0.15) is 22.0 Å². The van der Waals surface area contributed by atoms with Crippen LogP contribution in [0.5, 0.6) is 11.5 Å². The van der Waals surface area contributed by atoms with Crippen molar-refractivity contribution in [3.63, 3.8) is 0 Å². The van der Waals surface area contributed by atoms with Crippen molar-refractivity contribution in [1.29, 1.82) is 0 Å². The van der Waals surface area contributed by atoms with E-state index in [4.69, 9.17) is 9.47 Å². The number of aromatic nitrogens is 3. The number of nitrogens with zero attached hydrogens (tertiary/aromatic N) is 3. The predicted octanol–water partition coefficient (Wildman–Crippen LogP) is 6.42. The van der Waals surface area contributed by atoms with E-state index in [0.717, 1.165) is 15.7 Å². The molecule has 0 atom stereocenters. The summed E-state index contributed by atoms with van der Waals surface area (Å²) >= 11 is 2.07. The lowest BCUT2D eigenvalue weighted by Gasteiger charge is -2.20. The van der Waals surface area contributed by atoms with Gasteiger partial charge in [-0.25, -0.2) is 14.8 Å². The van der Waals surface area contributed by atoms with Crippen molar-refractivity contribution in [2.24, 2.45) is 0 Å². The van der Waals surface area contributed by atoms with Crippen LogP contribution >= 0.6 is 22.6 Å². The molecule has 0 saturated heterocycles. The number of imidazole rings is 1. The van der Waals surface area contributed by atoms with Crippen LogP contribution < -0.4 is 14.8 Å². The molecule has 0 spiro atoms. The Balaban J connectivity index is 1.52. The highest BCUT2D eigenvalue weighted by Crippen LogP contribution is 2.43. The molecule has 38 heavy (non-hydrogen) atoms. The van der Waals surface area contributed by atoms with Crippen molar-refractivity contribution < 1.29 is 41.3 Å². The van der Waals surface area contributed by atoms with Gasteiger partial charge < -0.3 is 14.6 Å². The van der Waals surface area contributed by atoms with Crippen LogP contribution in [0.2, 0.25) is 0 Å². The fourth-order valence-corrected chi connectivity index (χ4v) is 4.01. The highest BCUT2D eigenvalue weighted by atomic mass is 127. The Bertz CT molecular complexity index is 1480. The Labute approximate surface area is 225 Å². The predicted molar refractivity (Wildman–Crippen MR) is 135 cm³/mol. The first-order chi connectivity index (χ1) is 17.9. The van der Waals surface area contributed by atoms with Crippen molar-refractivity contribution in [2.75, 3.05) is 12.4 Å². The van der Waals surface area contributed by atoms with Gasteiger partial charge in [0.25, 0.3) is 0 Å². The number of amides is 1. The number of halogens is 6. The average Bonchev–Trinajstić information content (AvgIpc) is 3.17. The second kappa shape index (κ2) is 10.6. The summed E-state index contributed by atoms with van der Waals surface area (Å²) in [7, 11) is 1.41. The molecule has 4 rings (SSSR count). The largest absolute Gasteiger partial charge is 0.493 e. The Morgan fingerprint density at radius 3 is 2.37 bits per heavy atom. The Kier molecular flexibility index (Phi) is 7.62. The molecule has 4 aromatic rings. The van der Waals surface area contributed by atoms with E-state index in [9.17, 15) is 31.9 Å². The Hall–Kier alpha value is -3.69. The second-order valence-corrected chi connectivity index (χ2v) is 9.24. The van der Waals surface area contributed by atoms with Gasteiger partial charge in [0.05, 0.1) is 13.7 Å². The number of alkyl halides is 5. The normalized spacial score (nSPS) is 12.0. The monoisotopic (exact) mass is 648 g/mol. The molecule has 2 aromatic heterocycles. The molecule has 0 aliphatic carbocycles. The molecule has 0 aliphatic rings. The molecule has 0 fully saturated rings. The van der Waals surface area contributed by atoms with Gasteiger partial charge in [0, 0.05) is 15.3 Å². The maximum atomic E-state index is 13.5. The molecule has 2 heterocycles. The third-order valence-corrected chi connectivity index (χ3v) is 6.00. The summed E-state index contributed by atoms with van der Waals surface area (Å²) < 4.78 is 78.2. The maximum Gasteiger partial charge on any atom is 0.458 e. The zero-order valence-corrected chi connectivity index (χ0v) is 21.5. The number of rotatable bonds is 8. The zero-order chi connectivity index (χ0) is 27.7. The first-order valence-corrected chi connectivity index (χ1v) is 11.8. The van der Waals surface area contributed by atoms with Gasteiger partial charge in [-0.05, 0) is 51.9 Å². The lowest BCUT2D eigenvalue weighted by Crippen LogP contribution is -2.33. The van der Waals surface area contributed by atoms with Crippen LogP contribution in [0, 0.1) is 3.57 Å². The lowest BCUT2D eigenvalue weighted by molar-refractivity contribution is -0.289. The summed E-state index contributed by atoms with van der Waals surface area (Å²) in [6.07, 6.45) is -5.35. The summed E-state index contributed by atoms with van der Waals surface area (Å²) in [4.78, 5) is 19.9. The number of hydrogen-bond acceptors (Lipinski definition) is 5. The standard InChI is InChI=1S/C24H18F5IN4O4/c1-37-19-8-14(11-34-20-17(9-16(30)10-31-20)32-21(34)33-22(35)36)4-7-18(19)38-12-13-2-5-15(6-3-13)23(25,26)24(27,28)29/h2-10H,11-12H2,1H3,(H,32,33)(H,35,36). The molecule has 0 saturated carbocycles. The first-order valence-electron chi connectivity index (χ1n) is 10.7. The fourth-order valence-electron chi connectivity index (χ4n) is 3.57. The van der Waals surface area contributed by atoms with Crippen molar-refractivity contribution in [2.45, 2.75) is 25.3 Å². The van der Waals surface area contributed by atoms with E-state index < -0.39 is 23.8 Å². The van der Waals surface area contributed by atoms with E-state index >= 15 is 0 Å². The molecular formula is C24H18F5IN4O4. The maximum absolute atomic E-state index is 13.5. The van der Waals surface area contributed by atoms with Gasteiger partial charge in [0.1, 0.15) is 12.1 Å². The molecule has 0 radical (unpaired) electrons. The number of methoxy groups -OCH3 is 1. The van der Waals surface area contributed by atoms with Crippen molar-refractivity contribution in [3.8, 4) is 11.5 Å². The molecule has 0 bridgehead atoms. The number of anilines is 1. The molecule has 8 nitrogen and oxygen atoms in total. The van der Waals surface area contributed by atoms with Crippen LogP contribution in [0.3, 0.4) is 0 Å². The topological polar surface area (TPSA) is 98.5 Å². The number of fused-ring (bicyclic) bond motifs is 1. The van der Waals surface area contributed by atoms with Crippen LogP contribution in [-0.4, -0.2) is 39.0 Å². The van der Waals surface area contributed by atoms with Crippen molar-refractivity contribution in [1.82, 2.24) is 14.5 Å². The number of benzene rings is 2. The van der Waals surface area contributed by atoms with Gasteiger partial charge >= 0.3 is 18.2 Å². The summed E-state index contributed by atoms with van der Waals surface area (Å²) in [6, 6.07) is 10.4. The van der Waals surface area contributed by atoms with Crippen molar-refractivity contribution >= 4 is 45.8 Å². The van der Waals surface area contributed by atoms with E-state index in [-0.39, 0.29) is 19.1 Å².